The predicted octanol–water partition coefficient (Wildman–Crippen LogP) is 6.87. The number of hydrogen-bond donors (Lipinski definition) is 4. The number of carbonyl (C=O) groups excluding carboxylic acids is 2. The number of nitrogens with zero attached hydrogens (tertiary/aromatic N) is 1. The van der Waals surface area contributed by atoms with Crippen LogP contribution >= 0.6 is 11.3 Å². The van der Waals surface area contributed by atoms with Gasteiger partial charge in [-0.15, -0.1) is 11.3 Å². The topological polar surface area (TPSA) is 131 Å². The number of amides is 2. The highest BCUT2D eigenvalue weighted by Gasteiger charge is 2.33. The van der Waals surface area contributed by atoms with Crippen LogP contribution < -0.4 is 20.7 Å². The van der Waals surface area contributed by atoms with Crippen LogP contribution in [-0.2, 0) is 38.8 Å². The molecule has 3 aromatic carbocycles. The number of aryl methyl sites for hydroxylation is 2. The van der Waals surface area contributed by atoms with Gasteiger partial charge in [-0.25, -0.2) is 4.98 Å². The number of aliphatic hydroxyl groups excluding tert-OH is 1. The Morgan fingerprint density at radius 1 is 0.926 bits per heavy atom. The second-order valence-electron chi connectivity index (χ2n) is 14.6. The summed E-state index contributed by atoms with van der Waals surface area (Å²) in [7, 11) is 1.68. The summed E-state index contributed by atoms with van der Waals surface area (Å²) in [6, 6.07) is 20.8. The van der Waals surface area contributed by atoms with Crippen LogP contribution in [0.2, 0.25) is 0 Å². The van der Waals surface area contributed by atoms with Gasteiger partial charge in [0.05, 0.1) is 42.2 Å². The van der Waals surface area contributed by atoms with E-state index in [0.717, 1.165) is 56.1 Å². The summed E-state index contributed by atoms with van der Waals surface area (Å²) in [5, 5.41) is 22.3. The molecule has 4 N–H and O–H groups in total. The fraction of sp³-hybridized carbons (Fsp3) is 0.512. The van der Waals surface area contributed by atoms with E-state index in [1.165, 1.54) is 0 Å². The zero-order valence-electron chi connectivity index (χ0n) is 33.0. The minimum atomic E-state index is -0.923. The summed E-state index contributed by atoms with van der Waals surface area (Å²) in [5.41, 5.74) is 5.07. The molecule has 0 fully saturated rings. The molecular formula is C43H60N4O6S. The number of aliphatic hydroxyl groups is 1. The molecule has 4 aromatic rings. The Morgan fingerprint density at radius 3 is 2.37 bits per heavy atom. The number of benzene rings is 3. The number of para-hydroxylation sites is 1. The molecule has 0 saturated carbocycles. The van der Waals surface area contributed by atoms with Crippen molar-refractivity contribution in [3.63, 3.8) is 0 Å². The van der Waals surface area contributed by atoms with E-state index in [-0.39, 0.29) is 36.7 Å². The average molecular weight is 761 g/mol. The van der Waals surface area contributed by atoms with Crippen molar-refractivity contribution in [2.75, 3.05) is 26.9 Å². The van der Waals surface area contributed by atoms with Crippen LogP contribution in [0.25, 0.3) is 10.2 Å². The smallest absolute Gasteiger partial charge is 0.243 e. The zero-order chi connectivity index (χ0) is 39.0. The third kappa shape index (κ3) is 13.2. The number of thiazole rings is 1. The van der Waals surface area contributed by atoms with Crippen LogP contribution in [0.3, 0.4) is 0 Å². The van der Waals surface area contributed by atoms with Crippen LogP contribution in [0.15, 0.2) is 66.7 Å². The van der Waals surface area contributed by atoms with Crippen molar-refractivity contribution in [2.24, 2.45) is 17.8 Å². The molecule has 5 atom stereocenters. The number of fused-ring (bicyclic) bond motifs is 1. The van der Waals surface area contributed by atoms with Gasteiger partial charge in [-0.3, -0.25) is 9.59 Å². The molecule has 4 rings (SSSR count). The molecule has 0 aliphatic heterocycles. The number of carbonyl (C=O) groups is 2. The maximum absolute atomic E-state index is 14.0. The molecule has 0 aliphatic rings. The molecule has 1 aromatic heterocycles. The van der Waals surface area contributed by atoms with Gasteiger partial charge in [0.25, 0.3) is 0 Å². The minimum absolute atomic E-state index is 0.0839. The van der Waals surface area contributed by atoms with Crippen molar-refractivity contribution in [1.82, 2.24) is 20.9 Å². The zero-order valence-corrected chi connectivity index (χ0v) is 33.8. The Morgan fingerprint density at radius 2 is 1.67 bits per heavy atom. The fourth-order valence-electron chi connectivity index (χ4n) is 6.17. The van der Waals surface area contributed by atoms with E-state index in [9.17, 15) is 14.7 Å². The molecule has 0 radical (unpaired) electrons. The lowest BCUT2D eigenvalue weighted by atomic mass is 9.86. The summed E-state index contributed by atoms with van der Waals surface area (Å²) < 4.78 is 18.5. The molecule has 0 spiro atoms. The molecule has 54 heavy (non-hydrogen) atoms. The first-order chi connectivity index (χ1) is 26.0. The number of nitrogens with one attached hydrogen (secondary N) is 3. The van der Waals surface area contributed by atoms with Crippen molar-refractivity contribution in [1.29, 1.82) is 0 Å². The molecule has 11 heteroatoms. The lowest BCUT2D eigenvalue weighted by Gasteiger charge is -2.31. The molecule has 10 nitrogen and oxygen atoms in total. The van der Waals surface area contributed by atoms with Gasteiger partial charge in [-0.1, -0.05) is 88.2 Å². The number of aromatic nitrogens is 1. The van der Waals surface area contributed by atoms with E-state index in [1.807, 2.05) is 108 Å². The van der Waals surface area contributed by atoms with Crippen LogP contribution in [0.5, 0.6) is 5.75 Å². The van der Waals surface area contributed by atoms with E-state index < -0.39 is 24.1 Å². The van der Waals surface area contributed by atoms with Crippen molar-refractivity contribution >= 4 is 33.4 Å². The van der Waals surface area contributed by atoms with Gasteiger partial charge in [0.2, 0.25) is 11.8 Å². The first-order valence-electron chi connectivity index (χ1n) is 19.2. The van der Waals surface area contributed by atoms with Crippen molar-refractivity contribution in [3.05, 3.63) is 94.0 Å². The summed E-state index contributed by atoms with van der Waals surface area (Å²) >= 11 is 1.61. The largest absolute Gasteiger partial charge is 0.493 e. The van der Waals surface area contributed by atoms with Crippen molar-refractivity contribution in [3.8, 4) is 5.75 Å². The SMILES string of the molecule is CC[C@H](C)[C@H](NC(=O)[C@@H](C[C@H](O)[C@H](COCc1ccc(C)c(OCCCOC)c1)NCc1nc2ccccc2s1)C(C)C)C(=O)NCc1ccc(C)cc1. The number of methoxy groups -OCH3 is 1. The Balaban J connectivity index is 1.44. The maximum atomic E-state index is 14.0. The van der Waals surface area contributed by atoms with Gasteiger partial charge in [0.1, 0.15) is 16.8 Å². The van der Waals surface area contributed by atoms with E-state index in [2.05, 4.69) is 16.0 Å². The summed E-state index contributed by atoms with van der Waals surface area (Å²) in [6.45, 7) is 14.5. The summed E-state index contributed by atoms with van der Waals surface area (Å²) in [6.07, 6.45) is 0.778. The molecule has 2 amide bonds. The van der Waals surface area contributed by atoms with E-state index in [0.29, 0.717) is 32.9 Å². The molecule has 0 bridgehead atoms. The lowest BCUT2D eigenvalue weighted by molar-refractivity contribution is -0.134. The minimum Gasteiger partial charge on any atom is -0.493 e. The first-order valence-corrected chi connectivity index (χ1v) is 20.0. The Labute approximate surface area is 325 Å². The first kappa shape index (κ1) is 42.9. The van der Waals surface area contributed by atoms with Gasteiger partial charge < -0.3 is 35.3 Å². The second-order valence-corrected chi connectivity index (χ2v) is 15.7. The third-order valence-electron chi connectivity index (χ3n) is 9.90. The summed E-state index contributed by atoms with van der Waals surface area (Å²) in [5.74, 6) is -0.373. The number of ether oxygens (including phenoxy) is 3. The third-order valence-corrected chi connectivity index (χ3v) is 10.9. The quantitative estimate of drug-likeness (QED) is 0.0603. The number of hydrogen-bond acceptors (Lipinski definition) is 9. The monoisotopic (exact) mass is 760 g/mol. The van der Waals surface area contributed by atoms with E-state index >= 15 is 0 Å². The molecule has 0 unspecified atom stereocenters. The second kappa shape index (κ2) is 21.9. The van der Waals surface area contributed by atoms with Crippen LogP contribution in [0, 0.1) is 31.6 Å². The van der Waals surface area contributed by atoms with Gasteiger partial charge in [0, 0.05) is 39.1 Å². The molecule has 0 saturated heterocycles. The van der Waals surface area contributed by atoms with Crippen molar-refractivity contribution in [2.45, 2.75) is 98.7 Å². The highest BCUT2D eigenvalue weighted by Crippen LogP contribution is 2.25. The normalized spacial score (nSPS) is 14.4. The molecule has 294 valence electrons. The Bertz CT molecular complexity index is 1710. The van der Waals surface area contributed by atoms with Crippen LogP contribution in [-0.4, -0.2) is 67.0 Å². The Hall–Kier alpha value is -3.87. The van der Waals surface area contributed by atoms with Gasteiger partial charge in [0.15, 0.2) is 0 Å². The predicted molar refractivity (Wildman–Crippen MR) is 216 cm³/mol. The van der Waals surface area contributed by atoms with Gasteiger partial charge in [-0.05, 0) is 67.0 Å². The number of rotatable bonds is 23. The Kier molecular flexibility index (Phi) is 17.4. The van der Waals surface area contributed by atoms with Gasteiger partial charge in [-0.2, -0.15) is 0 Å². The lowest BCUT2D eigenvalue weighted by Crippen LogP contribution is -2.53. The highest BCUT2D eigenvalue weighted by molar-refractivity contribution is 7.18. The molecular weight excluding hydrogens is 701 g/mol. The molecule has 0 aliphatic carbocycles. The standard InChI is InChI=1S/C43H60N4O6S/c1-8-30(5)41(43(50)45-24-32-17-14-29(4)15-18-32)47-42(49)34(28(2)3)23-37(48)36(44-25-40-46-35-12-9-10-13-39(35)54-40)27-52-26-33-19-16-31(6)38(22-33)53-21-11-20-51-7/h9-10,12-19,22,28,30,34,36-37,41,44,48H,8,11,20-21,23-27H2,1-7H3,(H,45,50)(H,47,49)/t30-,34-,36-,37-,41-/m0/s1. The van der Waals surface area contributed by atoms with Crippen LogP contribution in [0.1, 0.15) is 74.2 Å². The van der Waals surface area contributed by atoms with E-state index in [4.69, 9.17) is 19.2 Å². The summed E-state index contributed by atoms with van der Waals surface area (Å²) in [4.78, 5) is 32.2. The average Bonchev–Trinajstić information content (AvgIpc) is 3.59. The fourth-order valence-corrected chi connectivity index (χ4v) is 7.09. The maximum Gasteiger partial charge on any atom is 0.243 e. The van der Waals surface area contributed by atoms with Crippen LogP contribution in [0.4, 0.5) is 0 Å². The highest BCUT2D eigenvalue weighted by atomic mass is 32.1. The van der Waals surface area contributed by atoms with E-state index in [1.54, 1.807) is 18.4 Å². The van der Waals surface area contributed by atoms with Crippen molar-refractivity contribution < 1.29 is 28.9 Å². The molecule has 1 heterocycles. The van der Waals surface area contributed by atoms with Gasteiger partial charge >= 0.3 is 0 Å².